The molecule has 0 bridgehead atoms. The maximum absolute atomic E-state index is 6.02. The van der Waals surface area contributed by atoms with Crippen LogP contribution in [0, 0.1) is 0 Å². The SMILES string of the molecule is CN(C)CCNCCN1CCN(CCNCCN(C)C)c2ncc(N)cc21. The number of hydrogen-bond acceptors (Lipinski definition) is 8. The summed E-state index contributed by atoms with van der Waals surface area (Å²) in [7, 11) is 8.39. The van der Waals surface area contributed by atoms with Crippen molar-refractivity contribution in [2.45, 2.75) is 0 Å². The van der Waals surface area contributed by atoms with Gasteiger partial charge in [-0.05, 0) is 34.3 Å². The van der Waals surface area contributed by atoms with Crippen molar-refractivity contribution in [3.63, 3.8) is 0 Å². The van der Waals surface area contributed by atoms with Crippen LogP contribution in [0.2, 0.25) is 0 Å². The average molecular weight is 379 g/mol. The lowest BCUT2D eigenvalue weighted by Gasteiger charge is -2.38. The molecular formula is C19H38N8. The maximum atomic E-state index is 6.02. The Labute approximate surface area is 164 Å². The smallest absolute Gasteiger partial charge is 0.152 e. The second-order valence-corrected chi connectivity index (χ2v) is 7.69. The van der Waals surface area contributed by atoms with Crippen molar-refractivity contribution in [1.82, 2.24) is 25.4 Å². The van der Waals surface area contributed by atoms with Gasteiger partial charge in [0.1, 0.15) is 0 Å². The molecule has 1 aliphatic heterocycles. The molecule has 8 heteroatoms. The van der Waals surface area contributed by atoms with Crippen LogP contribution in [0.3, 0.4) is 0 Å². The fourth-order valence-corrected chi connectivity index (χ4v) is 3.14. The van der Waals surface area contributed by atoms with E-state index in [9.17, 15) is 0 Å². The molecular weight excluding hydrogens is 340 g/mol. The zero-order valence-electron chi connectivity index (χ0n) is 17.5. The normalized spacial score (nSPS) is 14.3. The van der Waals surface area contributed by atoms with Crippen molar-refractivity contribution in [2.75, 3.05) is 109 Å². The van der Waals surface area contributed by atoms with Crippen molar-refractivity contribution in [2.24, 2.45) is 0 Å². The molecule has 0 radical (unpaired) electrons. The molecule has 0 aromatic carbocycles. The number of likely N-dealkylation sites (N-methyl/N-ethyl adjacent to an activating group) is 2. The Kier molecular flexibility index (Phi) is 9.06. The standard InChI is InChI=1S/C19H38N8/c1-24(2)9-5-21-7-11-26-13-14-27(12-8-22-6-10-25(3)4)19-18(26)15-17(20)16-23-19/h15-16,21-22H,5-14,20H2,1-4H3. The number of nitrogens with zero attached hydrogens (tertiary/aromatic N) is 5. The summed E-state index contributed by atoms with van der Waals surface area (Å²) in [6, 6.07) is 2.06. The lowest BCUT2D eigenvalue weighted by Crippen LogP contribution is -2.46. The molecule has 8 nitrogen and oxygen atoms in total. The maximum Gasteiger partial charge on any atom is 0.152 e. The van der Waals surface area contributed by atoms with Crippen LogP contribution in [0.5, 0.6) is 0 Å². The summed E-state index contributed by atoms with van der Waals surface area (Å²) in [5, 5.41) is 7.03. The number of pyridine rings is 1. The highest BCUT2D eigenvalue weighted by atomic mass is 15.3. The van der Waals surface area contributed by atoms with E-state index in [-0.39, 0.29) is 0 Å². The number of aromatic nitrogens is 1. The predicted molar refractivity (Wildman–Crippen MR) is 116 cm³/mol. The Balaban J connectivity index is 1.86. The fraction of sp³-hybridized carbons (Fsp3) is 0.737. The topological polar surface area (TPSA) is 75.9 Å². The van der Waals surface area contributed by atoms with Crippen LogP contribution in [0.1, 0.15) is 0 Å². The monoisotopic (exact) mass is 378 g/mol. The van der Waals surface area contributed by atoms with Crippen LogP contribution in [-0.2, 0) is 0 Å². The third kappa shape index (κ3) is 7.50. The second kappa shape index (κ2) is 11.3. The highest BCUT2D eigenvalue weighted by Crippen LogP contribution is 2.31. The first-order chi connectivity index (χ1) is 13.0. The van der Waals surface area contributed by atoms with Crippen molar-refractivity contribution in [3.8, 4) is 0 Å². The van der Waals surface area contributed by atoms with E-state index in [2.05, 4.69) is 69.5 Å². The first-order valence-electron chi connectivity index (χ1n) is 9.93. The van der Waals surface area contributed by atoms with E-state index < -0.39 is 0 Å². The zero-order chi connectivity index (χ0) is 19.6. The molecule has 2 heterocycles. The van der Waals surface area contributed by atoms with E-state index in [4.69, 9.17) is 5.73 Å². The molecule has 0 spiro atoms. The molecule has 4 N–H and O–H groups in total. The van der Waals surface area contributed by atoms with Crippen molar-refractivity contribution in [1.29, 1.82) is 0 Å². The summed E-state index contributed by atoms with van der Waals surface area (Å²) in [5.74, 6) is 1.05. The molecule has 0 atom stereocenters. The van der Waals surface area contributed by atoms with E-state index in [1.165, 1.54) is 0 Å². The van der Waals surface area contributed by atoms with Gasteiger partial charge in [-0.15, -0.1) is 0 Å². The summed E-state index contributed by atoms with van der Waals surface area (Å²) < 4.78 is 0. The van der Waals surface area contributed by atoms with Gasteiger partial charge in [0.2, 0.25) is 0 Å². The molecule has 0 amide bonds. The third-order valence-corrected chi connectivity index (χ3v) is 4.74. The second-order valence-electron chi connectivity index (χ2n) is 7.69. The number of nitrogens with two attached hydrogens (primary N) is 1. The lowest BCUT2D eigenvalue weighted by atomic mass is 10.2. The predicted octanol–water partition coefficient (Wildman–Crippen LogP) is -0.407. The molecule has 1 aliphatic rings. The van der Waals surface area contributed by atoms with Crippen LogP contribution < -0.4 is 26.2 Å². The Morgan fingerprint density at radius 2 is 1.48 bits per heavy atom. The summed E-state index contributed by atoms with van der Waals surface area (Å²) in [5.41, 5.74) is 7.90. The van der Waals surface area contributed by atoms with Crippen LogP contribution in [0.25, 0.3) is 0 Å². The summed E-state index contributed by atoms with van der Waals surface area (Å²) in [6.07, 6.45) is 1.77. The Hall–Kier alpha value is -1.61. The first kappa shape index (κ1) is 21.7. The first-order valence-corrected chi connectivity index (χ1v) is 9.93. The molecule has 0 saturated heterocycles. The molecule has 0 fully saturated rings. The number of rotatable bonds is 12. The molecule has 0 unspecified atom stereocenters. The van der Waals surface area contributed by atoms with E-state index in [0.29, 0.717) is 0 Å². The van der Waals surface area contributed by atoms with Crippen LogP contribution in [0.15, 0.2) is 12.3 Å². The van der Waals surface area contributed by atoms with Gasteiger partial charge in [0.25, 0.3) is 0 Å². The summed E-state index contributed by atoms with van der Waals surface area (Å²) in [4.78, 5) is 13.8. The number of hydrogen-bond donors (Lipinski definition) is 3. The Bertz CT molecular complexity index is 549. The van der Waals surface area contributed by atoms with E-state index >= 15 is 0 Å². The van der Waals surface area contributed by atoms with Gasteiger partial charge in [0, 0.05) is 65.4 Å². The minimum Gasteiger partial charge on any atom is -0.397 e. The number of anilines is 3. The van der Waals surface area contributed by atoms with Gasteiger partial charge in [-0.25, -0.2) is 4.98 Å². The third-order valence-electron chi connectivity index (χ3n) is 4.74. The number of fused-ring (bicyclic) bond motifs is 1. The molecule has 154 valence electrons. The van der Waals surface area contributed by atoms with Crippen molar-refractivity contribution < 1.29 is 0 Å². The van der Waals surface area contributed by atoms with Crippen LogP contribution >= 0.6 is 0 Å². The van der Waals surface area contributed by atoms with Gasteiger partial charge in [-0.1, -0.05) is 0 Å². The number of nitrogen functional groups attached to an aromatic ring is 1. The van der Waals surface area contributed by atoms with Crippen molar-refractivity contribution in [3.05, 3.63) is 12.3 Å². The highest BCUT2D eigenvalue weighted by molar-refractivity contribution is 5.72. The largest absolute Gasteiger partial charge is 0.397 e. The summed E-state index contributed by atoms with van der Waals surface area (Å²) in [6.45, 7) is 10.00. The Morgan fingerprint density at radius 3 is 2.07 bits per heavy atom. The number of nitrogens with one attached hydrogen (secondary N) is 2. The minimum atomic E-state index is 0.727. The average Bonchev–Trinajstić information content (AvgIpc) is 2.61. The zero-order valence-corrected chi connectivity index (χ0v) is 17.5. The van der Waals surface area contributed by atoms with Gasteiger partial charge >= 0.3 is 0 Å². The van der Waals surface area contributed by atoms with Crippen molar-refractivity contribution >= 4 is 17.2 Å². The summed E-state index contributed by atoms with van der Waals surface area (Å²) >= 11 is 0. The van der Waals surface area contributed by atoms with Gasteiger partial charge < -0.3 is 36.0 Å². The van der Waals surface area contributed by atoms with E-state index in [1.54, 1.807) is 6.20 Å². The van der Waals surface area contributed by atoms with Crippen LogP contribution in [0.4, 0.5) is 17.2 Å². The van der Waals surface area contributed by atoms with Gasteiger partial charge in [0.05, 0.1) is 17.6 Å². The fourth-order valence-electron chi connectivity index (χ4n) is 3.14. The highest BCUT2D eigenvalue weighted by Gasteiger charge is 2.23. The lowest BCUT2D eigenvalue weighted by molar-refractivity contribution is 0.400. The van der Waals surface area contributed by atoms with Gasteiger partial charge in [0.15, 0.2) is 5.82 Å². The minimum absolute atomic E-state index is 0.727. The quantitative estimate of drug-likeness (QED) is 0.424. The molecule has 0 saturated carbocycles. The molecule has 2 rings (SSSR count). The van der Waals surface area contributed by atoms with Gasteiger partial charge in [-0.3, -0.25) is 0 Å². The molecule has 0 aliphatic carbocycles. The van der Waals surface area contributed by atoms with E-state index in [1.807, 2.05) is 0 Å². The molecule has 1 aromatic heterocycles. The van der Waals surface area contributed by atoms with Crippen LogP contribution in [-0.4, -0.2) is 108 Å². The molecule has 27 heavy (non-hydrogen) atoms. The Morgan fingerprint density at radius 1 is 0.926 bits per heavy atom. The van der Waals surface area contributed by atoms with E-state index in [0.717, 1.165) is 82.6 Å². The van der Waals surface area contributed by atoms with Gasteiger partial charge in [-0.2, -0.15) is 0 Å². The molecule has 1 aromatic rings.